The smallest absolute Gasteiger partial charge is 0.324 e. The van der Waals surface area contributed by atoms with Crippen LogP contribution in [0.1, 0.15) is 28.4 Å². The van der Waals surface area contributed by atoms with Crippen molar-refractivity contribution in [2.45, 2.75) is 20.8 Å². The normalized spacial score (nSPS) is 11.8. The van der Waals surface area contributed by atoms with Crippen molar-refractivity contribution in [3.8, 4) is 0 Å². The fourth-order valence-corrected chi connectivity index (χ4v) is 1.64. The number of carbonyl (C=O) groups excluding carboxylic acids is 3. The average molecular weight is 248 g/mol. The number of ketones is 2. The summed E-state index contributed by atoms with van der Waals surface area (Å²) in [6.45, 7) is 5.00. The van der Waals surface area contributed by atoms with E-state index in [1.54, 1.807) is 18.2 Å². The Morgan fingerprint density at radius 2 is 1.72 bits per heavy atom. The van der Waals surface area contributed by atoms with Gasteiger partial charge >= 0.3 is 5.97 Å². The van der Waals surface area contributed by atoms with E-state index in [0.29, 0.717) is 5.56 Å². The van der Waals surface area contributed by atoms with Crippen LogP contribution in [-0.2, 0) is 14.3 Å². The Kier molecular flexibility index (Phi) is 4.37. The molecular weight excluding hydrogens is 232 g/mol. The molecule has 1 atom stereocenters. The molecule has 0 fully saturated rings. The minimum absolute atomic E-state index is 0.351. The zero-order chi connectivity index (χ0) is 13.9. The Labute approximate surface area is 106 Å². The first-order valence-electron chi connectivity index (χ1n) is 5.58. The number of hydrogen-bond donors (Lipinski definition) is 0. The molecule has 1 aromatic carbocycles. The van der Waals surface area contributed by atoms with Crippen LogP contribution in [0.3, 0.4) is 0 Å². The molecule has 0 unspecified atom stereocenters. The maximum absolute atomic E-state index is 12.1. The number of benzene rings is 1. The van der Waals surface area contributed by atoms with Crippen molar-refractivity contribution in [3.05, 3.63) is 34.9 Å². The molecule has 1 rings (SSSR count). The lowest BCUT2D eigenvalue weighted by atomic mass is 9.92. The molecule has 0 bridgehead atoms. The van der Waals surface area contributed by atoms with Crippen LogP contribution < -0.4 is 0 Å². The number of methoxy groups -OCH3 is 1. The average Bonchev–Trinajstić information content (AvgIpc) is 2.32. The molecule has 0 spiro atoms. The van der Waals surface area contributed by atoms with E-state index in [9.17, 15) is 14.4 Å². The van der Waals surface area contributed by atoms with E-state index >= 15 is 0 Å². The SMILES string of the molecule is COC(=O)[C@H](C(C)=O)C(=O)c1ccc(C)c(C)c1. The lowest BCUT2D eigenvalue weighted by molar-refractivity contribution is -0.146. The standard InChI is InChI=1S/C14H16O4/c1-8-5-6-11(7-9(8)2)13(16)12(10(3)15)14(17)18-4/h5-7,12H,1-4H3/t12-/m1/s1. The molecule has 0 aliphatic carbocycles. The molecular formula is C14H16O4. The third-order valence-corrected chi connectivity index (χ3v) is 2.90. The summed E-state index contributed by atoms with van der Waals surface area (Å²) in [5.41, 5.74) is 2.33. The van der Waals surface area contributed by atoms with Crippen molar-refractivity contribution in [2.24, 2.45) is 5.92 Å². The van der Waals surface area contributed by atoms with Gasteiger partial charge in [-0.1, -0.05) is 12.1 Å². The van der Waals surface area contributed by atoms with Crippen LogP contribution in [0.2, 0.25) is 0 Å². The second kappa shape index (κ2) is 5.58. The highest BCUT2D eigenvalue weighted by Gasteiger charge is 2.32. The number of aryl methyl sites for hydroxylation is 2. The molecule has 4 heteroatoms. The van der Waals surface area contributed by atoms with Gasteiger partial charge in [0.15, 0.2) is 17.5 Å². The summed E-state index contributed by atoms with van der Waals surface area (Å²) < 4.78 is 4.49. The number of carbonyl (C=O) groups is 3. The lowest BCUT2D eigenvalue weighted by Gasteiger charge is -2.11. The first kappa shape index (κ1) is 14.1. The van der Waals surface area contributed by atoms with Gasteiger partial charge in [-0.25, -0.2) is 0 Å². The third kappa shape index (κ3) is 2.83. The van der Waals surface area contributed by atoms with Gasteiger partial charge in [0, 0.05) is 5.56 Å². The number of Topliss-reactive ketones (excluding diaryl/α,β-unsaturated/α-hetero) is 2. The summed E-state index contributed by atoms with van der Waals surface area (Å²) in [4.78, 5) is 35.0. The van der Waals surface area contributed by atoms with Crippen molar-refractivity contribution in [1.82, 2.24) is 0 Å². The molecule has 0 saturated heterocycles. The zero-order valence-corrected chi connectivity index (χ0v) is 10.9. The largest absolute Gasteiger partial charge is 0.468 e. The monoisotopic (exact) mass is 248 g/mol. The van der Waals surface area contributed by atoms with Crippen molar-refractivity contribution < 1.29 is 19.1 Å². The van der Waals surface area contributed by atoms with Crippen LogP contribution in [0.4, 0.5) is 0 Å². The molecule has 0 aromatic heterocycles. The highest BCUT2D eigenvalue weighted by Crippen LogP contribution is 2.16. The Hall–Kier alpha value is -1.97. The summed E-state index contributed by atoms with van der Waals surface area (Å²) in [7, 11) is 1.16. The van der Waals surface area contributed by atoms with Crippen LogP contribution in [0, 0.1) is 19.8 Å². The van der Waals surface area contributed by atoms with Crippen LogP contribution in [0.25, 0.3) is 0 Å². The van der Waals surface area contributed by atoms with E-state index in [4.69, 9.17) is 0 Å². The van der Waals surface area contributed by atoms with Gasteiger partial charge < -0.3 is 4.74 Å². The van der Waals surface area contributed by atoms with Crippen LogP contribution in [0.15, 0.2) is 18.2 Å². The van der Waals surface area contributed by atoms with Gasteiger partial charge in [-0.3, -0.25) is 14.4 Å². The zero-order valence-electron chi connectivity index (χ0n) is 10.9. The highest BCUT2D eigenvalue weighted by atomic mass is 16.5. The van der Waals surface area contributed by atoms with Crippen LogP contribution in [-0.4, -0.2) is 24.6 Å². The Balaban J connectivity index is 3.14. The maximum atomic E-state index is 12.1. The second-order valence-corrected chi connectivity index (χ2v) is 4.23. The van der Waals surface area contributed by atoms with Gasteiger partial charge in [-0.05, 0) is 38.0 Å². The molecule has 0 aliphatic heterocycles. The lowest BCUT2D eigenvalue weighted by Crippen LogP contribution is -2.31. The minimum Gasteiger partial charge on any atom is -0.468 e. The molecule has 0 amide bonds. The van der Waals surface area contributed by atoms with Crippen molar-refractivity contribution in [3.63, 3.8) is 0 Å². The van der Waals surface area contributed by atoms with E-state index < -0.39 is 23.5 Å². The Morgan fingerprint density at radius 3 is 2.17 bits per heavy atom. The van der Waals surface area contributed by atoms with Crippen molar-refractivity contribution in [2.75, 3.05) is 7.11 Å². The first-order chi connectivity index (χ1) is 8.38. The predicted octanol–water partition coefficient (Wildman–Crippen LogP) is 1.86. The molecule has 0 heterocycles. The van der Waals surface area contributed by atoms with Gasteiger partial charge in [0.1, 0.15) is 0 Å². The highest BCUT2D eigenvalue weighted by molar-refractivity contribution is 6.22. The number of ether oxygens (including phenoxy) is 1. The van der Waals surface area contributed by atoms with E-state index in [-0.39, 0.29) is 0 Å². The number of esters is 1. The fraction of sp³-hybridized carbons (Fsp3) is 0.357. The summed E-state index contributed by atoms with van der Waals surface area (Å²) in [5, 5.41) is 0. The van der Waals surface area contributed by atoms with Gasteiger partial charge in [0.2, 0.25) is 0 Å². The predicted molar refractivity (Wildman–Crippen MR) is 66.4 cm³/mol. The van der Waals surface area contributed by atoms with E-state index in [1.807, 2.05) is 13.8 Å². The molecule has 1 aromatic rings. The Bertz CT molecular complexity index is 503. The summed E-state index contributed by atoms with van der Waals surface area (Å²) in [6.07, 6.45) is 0. The van der Waals surface area contributed by atoms with Gasteiger partial charge in [0.25, 0.3) is 0 Å². The maximum Gasteiger partial charge on any atom is 0.324 e. The van der Waals surface area contributed by atoms with Gasteiger partial charge in [0.05, 0.1) is 7.11 Å². The first-order valence-corrected chi connectivity index (χ1v) is 5.58. The van der Waals surface area contributed by atoms with Crippen LogP contribution >= 0.6 is 0 Å². The molecule has 0 radical (unpaired) electrons. The molecule has 4 nitrogen and oxygen atoms in total. The topological polar surface area (TPSA) is 60.4 Å². The number of rotatable bonds is 4. The quantitative estimate of drug-likeness (QED) is 0.463. The number of hydrogen-bond acceptors (Lipinski definition) is 4. The van der Waals surface area contributed by atoms with E-state index in [1.165, 1.54) is 6.92 Å². The summed E-state index contributed by atoms with van der Waals surface area (Å²) in [5.74, 6) is -3.20. The fourth-order valence-electron chi connectivity index (χ4n) is 1.64. The van der Waals surface area contributed by atoms with E-state index in [2.05, 4.69) is 4.74 Å². The molecule has 18 heavy (non-hydrogen) atoms. The second-order valence-electron chi connectivity index (χ2n) is 4.23. The van der Waals surface area contributed by atoms with Crippen molar-refractivity contribution in [1.29, 1.82) is 0 Å². The van der Waals surface area contributed by atoms with Crippen molar-refractivity contribution >= 4 is 17.5 Å². The molecule has 96 valence electrons. The summed E-state index contributed by atoms with van der Waals surface area (Å²) in [6, 6.07) is 5.08. The van der Waals surface area contributed by atoms with Gasteiger partial charge in [-0.2, -0.15) is 0 Å². The van der Waals surface area contributed by atoms with Crippen LogP contribution in [0.5, 0.6) is 0 Å². The summed E-state index contributed by atoms with van der Waals surface area (Å²) >= 11 is 0. The Morgan fingerprint density at radius 1 is 1.11 bits per heavy atom. The third-order valence-electron chi connectivity index (χ3n) is 2.90. The molecule has 0 N–H and O–H groups in total. The van der Waals surface area contributed by atoms with Gasteiger partial charge in [-0.15, -0.1) is 0 Å². The molecule has 0 saturated carbocycles. The van der Waals surface area contributed by atoms with E-state index in [0.717, 1.165) is 18.2 Å². The minimum atomic E-state index is -1.36. The molecule has 0 aliphatic rings.